The van der Waals surface area contributed by atoms with Crippen molar-refractivity contribution in [3.63, 3.8) is 0 Å². The van der Waals surface area contributed by atoms with Crippen LogP contribution in [0.4, 0.5) is 5.69 Å². The lowest BCUT2D eigenvalue weighted by Gasteiger charge is -2.10. The smallest absolute Gasteiger partial charge is 0.103 e. The first kappa shape index (κ1) is 13.1. The Bertz CT molecular complexity index is 621. The van der Waals surface area contributed by atoms with Gasteiger partial charge in [0.2, 0.25) is 0 Å². The number of pyridine rings is 1. The summed E-state index contributed by atoms with van der Waals surface area (Å²) in [6.07, 6.45) is 2.65. The molecule has 19 heavy (non-hydrogen) atoms. The number of hydrogen-bond acceptors (Lipinski definition) is 4. The molecule has 5 heteroatoms. The van der Waals surface area contributed by atoms with Crippen LogP contribution in [0.3, 0.4) is 0 Å². The van der Waals surface area contributed by atoms with E-state index in [2.05, 4.69) is 21.5 Å². The molecular weight excluding hydrogens is 238 g/mol. The second kappa shape index (κ2) is 5.53. The molecule has 1 N–H and O–H groups in total. The molecule has 0 saturated heterocycles. The van der Waals surface area contributed by atoms with Gasteiger partial charge in [0.05, 0.1) is 16.9 Å². The summed E-state index contributed by atoms with van der Waals surface area (Å²) < 4.78 is 1.86. The molecule has 0 saturated carbocycles. The minimum Gasteiger partial charge on any atom is -0.383 e. The Labute approximate surface area is 112 Å². The van der Waals surface area contributed by atoms with E-state index in [-0.39, 0.29) is 0 Å². The van der Waals surface area contributed by atoms with Gasteiger partial charge in [0.15, 0.2) is 0 Å². The van der Waals surface area contributed by atoms with Gasteiger partial charge in [-0.1, -0.05) is 0 Å². The van der Waals surface area contributed by atoms with Gasteiger partial charge in [-0.25, -0.2) is 0 Å². The first-order valence-electron chi connectivity index (χ1n) is 6.21. The Morgan fingerprint density at radius 1 is 1.42 bits per heavy atom. The Balaban J connectivity index is 2.08. The maximum atomic E-state index is 9.17. The Kier molecular flexibility index (Phi) is 3.81. The van der Waals surface area contributed by atoms with Crippen LogP contribution >= 0.6 is 0 Å². The predicted molar refractivity (Wildman–Crippen MR) is 73.8 cm³/mol. The third kappa shape index (κ3) is 2.91. The molecule has 2 heterocycles. The van der Waals surface area contributed by atoms with Crippen LogP contribution in [-0.2, 0) is 13.5 Å². The summed E-state index contributed by atoms with van der Waals surface area (Å²) in [7, 11) is 1.93. The lowest BCUT2D eigenvalue weighted by molar-refractivity contribution is 0.711. The first-order valence-corrected chi connectivity index (χ1v) is 6.21. The molecule has 0 aromatic carbocycles. The predicted octanol–water partition coefficient (Wildman–Crippen LogP) is 1.96. The van der Waals surface area contributed by atoms with Gasteiger partial charge >= 0.3 is 0 Å². The summed E-state index contributed by atoms with van der Waals surface area (Å²) in [5.41, 5.74) is 4.32. The summed E-state index contributed by atoms with van der Waals surface area (Å²) >= 11 is 0. The van der Waals surface area contributed by atoms with Crippen LogP contribution in [0, 0.1) is 25.2 Å². The van der Waals surface area contributed by atoms with Crippen molar-refractivity contribution >= 4 is 5.69 Å². The number of aromatic nitrogens is 3. The van der Waals surface area contributed by atoms with Crippen molar-refractivity contribution in [3.05, 3.63) is 41.0 Å². The van der Waals surface area contributed by atoms with E-state index in [1.165, 1.54) is 0 Å². The maximum Gasteiger partial charge on any atom is 0.103 e. The average Bonchev–Trinajstić information content (AvgIpc) is 2.75. The maximum absolute atomic E-state index is 9.17. The minimum absolute atomic E-state index is 0.621. The Morgan fingerprint density at radius 2 is 2.21 bits per heavy atom. The van der Waals surface area contributed by atoms with Crippen molar-refractivity contribution in [1.82, 2.24) is 14.8 Å². The first-order chi connectivity index (χ1) is 9.11. The quantitative estimate of drug-likeness (QED) is 0.907. The molecule has 98 valence electrons. The van der Waals surface area contributed by atoms with E-state index >= 15 is 0 Å². The molecule has 0 aliphatic heterocycles. The zero-order chi connectivity index (χ0) is 13.8. The topological polar surface area (TPSA) is 66.5 Å². The Hall–Kier alpha value is -2.35. The van der Waals surface area contributed by atoms with Crippen molar-refractivity contribution in [2.75, 3.05) is 11.9 Å². The van der Waals surface area contributed by atoms with Crippen LogP contribution in [0.1, 0.15) is 22.6 Å². The summed E-state index contributed by atoms with van der Waals surface area (Å²) in [5.74, 6) is 0. The molecule has 0 fully saturated rings. The summed E-state index contributed by atoms with van der Waals surface area (Å²) in [5, 5.41) is 16.6. The lowest BCUT2D eigenvalue weighted by atomic mass is 10.1. The van der Waals surface area contributed by atoms with Crippen LogP contribution in [0.5, 0.6) is 0 Å². The normalized spacial score (nSPS) is 10.2. The van der Waals surface area contributed by atoms with Gasteiger partial charge in [0, 0.05) is 37.6 Å². The molecule has 0 bridgehead atoms. The summed E-state index contributed by atoms with van der Waals surface area (Å²) in [4.78, 5) is 4.30. The van der Waals surface area contributed by atoms with Crippen molar-refractivity contribution < 1.29 is 0 Å². The van der Waals surface area contributed by atoms with Gasteiger partial charge in [-0.2, -0.15) is 10.4 Å². The second-order valence-corrected chi connectivity index (χ2v) is 4.51. The fourth-order valence-corrected chi connectivity index (χ4v) is 2.08. The third-order valence-electron chi connectivity index (χ3n) is 3.06. The van der Waals surface area contributed by atoms with Crippen LogP contribution in [0.15, 0.2) is 18.3 Å². The molecule has 0 atom stereocenters. The van der Waals surface area contributed by atoms with Gasteiger partial charge in [0.25, 0.3) is 0 Å². The van der Waals surface area contributed by atoms with Crippen LogP contribution in [0.25, 0.3) is 0 Å². The number of nitriles is 1. The molecule has 2 aromatic heterocycles. The SMILES string of the molecule is Cc1cc(NCCc2ccnn2C)c(C#N)c(C)n1. The number of nitrogens with zero attached hydrogens (tertiary/aromatic N) is 4. The molecule has 2 aromatic rings. The molecule has 0 radical (unpaired) electrons. The third-order valence-corrected chi connectivity index (χ3v) is 3.06. The number of hydrogen-bond donors (Lipinski definition) is 1. The van der Waals surface area contributed by atoms with Gasteiger partial charge < -0.3 is 5.32 Å². The number of aryl methyl sites for hydroxylation is 3. The van der Waals surface area contributed by atoms with Crippen molar-refractivity contribution in [3.8, 4) is 6.07 Å². The van der Waals surface area contributed by atoms with Crippen LogP contribution < -0.4 is 5.32 Å². The van der Waals surface area contributed by atoms with E-state index in [0.717, 1.165) is 35.7 Å². The molecule has 5 nitrogen and oxygen atoms in total. The van der Waals surface area contributed by atoms with E-state index in [1.807, 2.05) is 37.7 Å². The van der Waals surface area contributed by atoms with Crippen molar-refractivity contribution in [2.24, 2.45) is 7.05 Å². The zero-order valence-electron chi connectivity index (χ0n) is 11.4. The Morgan fingerprint density at radius 3 is 2.84 bits per heavy atom. The van der Waals surface area contributed by atoms with Crippen LogP contribution in [0.2, 0.25) is 0 Å². The van der Waals surface area contributed by atoms with E-state index in [0.29, 0.717) is 5.56 Å². The monoisotopic (exact) mass is 255 g/mol. The zero-order valence-corrected chi connectivity index (χ0v) is 11.4. The van der Waals surface area contributed by atoms with Gasteiger partial charge in [-0.3, -0.25) is 9.67 Å². The average molecular weight is 255 g/mol. The summed E-state index contributed by atoms with van der Waals surface area (Å²) in [6, 6.07) is 6.11. The fraction of sp³-hybridized carbons (Fsp3) is 0.357. The molecular formula is C14H17N5. The highest BCUT2D eigenvalue weighted by Gasteiger charge is 2.07. The van der Waals surface area contributed by atoms with Gasteiger partial charge in [-0.05, 0) is 26.0 Å². The van der Waals surface area contributed by atoms with E-state index < -0.39 is 0 Å². The molecule has 0 spiro atoms. The number of rotatable bonds is 4. The van der Waals surface area contributed by atoms with Gasteiger partial charge in [0.1, 0.15) is 6.07 Å². The second-order valence-electron chi connectivity index (χ2n) is 4.51. The van der Waals surface area contributed by atoms with E-state index in [4.69, 9.17) is 0 Å². The fourth-order valence-electron chi connectivity index (χ4n) is 2.08. The van der Waals surface area contributed by atoms with Crippen LogP contribution in [-0.4, -0.2) is 21.3 Å². The minimum atomic E-state index is 0.621. The number of anilines is 1. The van der Waals surface area contributed by atoms with E-state index in [9.17, 15) is 5.26 Å². The van der Waals surface area contributed by atoms with Gasteiger partial charge in [-0.15, -0.1) is 0 Å². The standard InChI is InChI=1S/C14H17N5/c1-10-8-14(13(9-15)11(2)18-10)16-6-4-12-5-7-17-19(12)3/h5,7-8H,4,6H2,1-3H3,(H,16,18). The molecule has 0 unspecified atom stereocenters. The van der Waals surface area contributed by atoms with Crippen molar-refractivity contribution in [1.29, 1.82) is 5.26 Å². The largest absolute Gasteiger partial charge is 0.383 e. The number of nitrogens with one attached hydrogen (secondary N) is 1. The lowest BCUT2D eigenvalue weighted by Crippen LogP contribution is -2.10. The molecule has 0 aliphatic rings. The highest BCUT2D eigenvalue weighted by Crippen LogP contribution is 2.18. The molecule has 2 rings (SSSR count). The highest BCUT2D eigenvalue weighted by atomic mass is 15.3. The summed E-state index contributed by atoms with van der Waals surface area (Å²) in [6.45, 7) is 4.55. The van der Waals surface area contributed by atoms with Crippen molar-refractivity contribution in [2.45, 2.75) is 20.3 Å². The highest BCUT2D eigenvalue weighted by molar-refractivity contribution is 5.59. The molecule has 0 amide bonds. The molecule has 0 aliphatic carbocycles. The van der Waals surface area contributed by atoms with E-state index in [1.54, 1.807) is 6.20 Å².